The highest BCUT2D eigenvalue weighted by Crippen LogP contribution is 2.19. The fraction of sp³-hybridized carbons (Fsp3) is 0.786. The van der Waals surface area contributed by atoms with E-state index >= 15 is 0 Å². The van der Waals surface area contributed by atoms with Gasteiger partial charge < -0.3 is 14.2 Å². The smallest absolute Gasteiger partial charge is 0.360 e. The molecule has 2 rings (SSSR count). The molecule has 21 heavy (non-hydrogen) atoms. The van der Waals surface area contributed by atoms with E-state index < -0.39 is 5.97 Å². The summed E-state index contributed by atoms with van der Waals surface area (Å²) in [4.78, 5) is 11.7. The van der Waals surface area contributed by atoms with E-state index in [9.17, 15) is 4.79 Å². The molecule has 1 saturated heterocycles. The second-order valence-electron chi connectivity index (χ2n) is 5.36. The van der Waals surface area contributed by atoms with Gasteiger partial charge in [0.1, 0.15) is 0 Å². The Morgan fingerprint density at radius 2 is 2.29 bits per heavy atom. The normalized spacial score (nSPS) is 19.0. The number of aromatic nitrogens is 3. The van der Waals surface area contributed by atoms with Gasteiger partial charge in [-0.05, 0) is 25.2 Å². The fourth-order valence-corrected chi connectivity index (χ4v) is 2.41. The molecule has 1 aromatic heterocycles. The molecule has 0 saturated carbocycles. The zero-order valence-corrected chi connectivity index (χ0v) is 12.9. The number of nitrogens with zero attached hydrogens (tertiary/aromatic N) is 3. The van der Waals surface area contributed by atoms with Crippen LogP contribution in [0.1, 0.15) is 55.2 Å². The zero-order chi connectivity index (χ0) is 15.2. The summed E-state index contributed by atoms with van der Waals surface area (Å²) in [7, 11) is 1.34. The van der Waals surface area contributed by atoms with Gasteiger partial charge in [-0.3, -0.25) is 0 Å². The van der Waals surface area contributed by atoms with Crippen LogP contribution in [0.25, 0.3) is 0 Å². The van der Waals surface area contributed by atoms with Gasteiger partial charge in [0.15, 0.2) is 12.0 Å². The summed E-state index contributed by atoms with van der Waals surface area (Å²) in [5.41, 5.74) is 1.05. The average Bonchev–Trinajstić information content (AvgIpc) is 2.91. The molecule has 118 valence electrons. The van der Waals surface area contributed by atoms with Crippen molar-refractivity contribution < 1.29 is 19.0 Å². The molecule has 1 aliphatic rings. The lowest BCUT2D eigenvalue weighted by atomic mass is 10.1. The van der Waals surface area contributed by atoms with Gasteiger partial charge >= 0.3 is 5.97 Å². The number of ether oxygens (including phenoxy) is 3. The van der Waals surface area contributed by atoms with Crippen molar-refractivity contribution in [2.24, 2.45) is 0 Å². The third-order valence-electron chi connectivity index (χ3n) is 3.44. The summed E-state index contributed by atoms with van der Waals surface area (Å²) in [5.74, 6) is -0.332. The van der Waals surface area contributed by atoms with Crippen molar-refractivity contribution >= 4 is 5.97 Å². The molecule has 0 radical (unpaired) electrons. The first-order valence-electron chi connectivity index (χ1n) is 7.38. The maximum atomic E-state index is 11.7. The zero-order valence-electron chi connectivity index (χ0n) is 12.9. The van der Waals surface area contributed by atoms with Crippen molar-refractivity contribution in [2.75, 3.05) is 20.3 Å². The second kappa shape index (κ2) is 7.51. The molecule has 0 bridgehead atoms. The van der Waals surface area contributed by atoms with Crippen molar-refractivity contribution in [3.05, 3.63) is 11.4 Å². The topological polar surface area (TPSA) is 75.5 Å². The van der Waals surface area contributed by atoms with Crippen LogP contribution < -0.4 is 0 Å². The van der Waals surface area contributed by atoms with Gasteiger partial charge in [-0.2, -0.15) is 0 Å². The highest BCUT2D eigenvalue weighted by atomic mass is 16.7. The summed E-state index contributed by atoms with van der Waals surface area (Å²) >= 11 is 0. The summed E-state index contributed by atoms with van der Waals surface area (Å²) in [6, 6.07) is 0. The van der Waals surface area contributed by atoms with Crippen LogP contribution in [0.4, 0.5) is 0 Å². The number of rotatable bonds is 6. The minimum absolute atomic E-state index is 0.121. The van der Waals surface area contributed by atoms with E-state index in [1.54, 1.807) is 4.68 Å². The van der Waals surface area contributed by atoms with Crippen LogP contribution in [0, 0.1) is 0 Å². The van der Waals surface area contributed by atoms with E-state index in [0.717, 1.165) is 31.6 Å². The van der Waals surface area contributed by atoms with Crippen molar-refractivity contribution in [1.29, 1.82) is 0 Å². The van der Waals surface area contributed by atoms with Crippen LogP contribution >= 0.6 is 0 Å². The van der Waals surface area contributed by atoms with Crippen LogP contribution in [0.3, 0.4) is 0 Å². The SMILES string of the molecule is COC(=O)c1nnn(CCOC2CCCCO2)c1C(C)C. The molecule has 1 unspecified atom stereocenters. The van der Waals surface area contributed by atoms with Gasteiger partial charge in [-0.15, -0.1) is 5.10 Å². The van der Waals surface area contributed by atoms with Crippen LogP contribution in [0.2, 0.25) is 0 Å². The molecule has 0 spiro atoms. The third-order valence-corrected chi connectivity index (χ3v) is 3.44. The average molecular weight is 297 g/mol. The van der Waals surface area contributed by atoms with Crippen LogP contribution in [-0.4, -0.2) is 47.6 Å². The monoisotopic (exact) mass is 297 g/mol. The predicted molar refractivity (Wildman–Crippen MR) is 75.0 cm³/mol. The number of esters is 1. The van der Waals surface area contributed by atoms with E-state index in [4.69, 9.17) is 14.2 Å². The second-order valence-corrected chi connectivity index (χ2v) is 5.36. The number of hydrogen-bond acceptors (Lipinski definition) is 6. The predicted octanol–water partition coefficient (Wildman–Crippen LogP) is 1.73. The Balaban J connectivity index is 1.96. The Hall–Kier alpha value is -1.47. The highest BCUT2D eigenvalue weighted by Gasteiger charge is 2.22. The first-order chi connectivity index (χ1) is 10.1. The number of methoxy groups -OCH3 is 1. The van der Waals surface area contributed by atoms with Gasteiger partial charge in [-0.1, -0.05) is 19.1 Å². The summed E-state index contributed by atoms with van der Waals surface area (Å²) in [6.07, 6.45) is 3.05. The van der Waals surface area contributed by atoms with E-state index in [2.05, 4.69) is 10.3 Å². The fourth-order valence-electron chi connectivity index (χ4n) is 2.41. The Bertz CT molecular complexity index is 467. The lowest BCUT2D eigenvalue weighted by Crippen LogP contribution is -2.24. The Morgan fingerprint density at radius 1 is 1.48 bits per heavy atom. The van der Waals surface area contributed by atoms with E-state index in [-0.39, 0.29) is 17.9 Å². The molecule has 2 heterocycles. The maximum absolute atomic E-state index is 11.7. The molecular formula is C14H23N3O4. The van der Waals surface area contributed by atoms with Gasteiger partial charge in [0, 0.05) is 6.61 Å². The van der Waals surface area contributed by atoms with Crippen molar-refractivity contribution in [3.8, 4) is 0 Å². The van der Waals surface area contributed by atoms with E-state index in [1.807, 2.05) is 13.8 Å². The molecule has 0 amide bonds. The number of carbonyl (C=O) groups is 1. The van der Waals surface area contributed by atoms with Crippen LogP contribution in [0.5, 0.6) is 0 Å². The summed E-state index contributed by atoms with van der Waals surface area (Å²) in [5, 5.41) is 7.96. The Morgan fingerprint density at radius 3 is 2.90 bits per heavy atom. The van der Waals surface area contributed by atoms with Gasteiger partial charge in [0.05, 0.1) is 26.0 Å². The molecule has 1 atom stereocenters. The first kappa shape index (κ1) is 15.9. The summed E-state index contributed by atoms with van der Waals surface area (Å²) in [6.45, 7) is 5.77. The van der Waals surface area contributed by atoms with Gasteiger partial charge in [0.2, 0.25) is 0 Å². The number of hydrogen-bond donors (Lipinski definition) is 0. The van der Waals surface area contributed by atoms with Crippen molar-refractivity contribution in [1.82, 2.24) is 15.0 Å². The first-order valence-corrected chi connectivity index (χ1v) is 7.38. The molecule has 0 aromatic carbocycles. The maximum Gasteiger partial charge on any atom is 0.360 e. The van der Waals surface area contributed by atoms with Gasteiger partial charge in [0.25, 0.3) is 0 Å². The third kappa shape index (κ3) is 4.01. The molecule has 1 aliphatic heterocycles. The minimum atomic E-state index is -0.457. The molecule has 7 heteroatoms. The molecule has 1 aromatic rings. The molecule has 1 fully saturated rings. The molecule has 0 aliphatic carbocycles. The van der Waals surface area contributed by atoms with Crippen molar-refractivity contribution in [3.63, 3.8) is 0 Å². The largest absolute Gasteiger partial charge is 0.464 e. The minimum Gasteiger partial charge on any atom is -0.464 e. The Kier molecular flexibility index (Phi) is 5.69. The lowest BCUT2D eigenvalue weighted by molar-refractivity contribution is -0.163. The quantitative estimate of drug-likeness (QED) is 0.744. The molecule has 7 nitrogen and oxygen atoms in total. The van der Waals surface area contributed by atoms with Crippen LogP contribution in [-0.2, 0) is 20.8 Å². The van der Waals surface area contributed by atoms with E-state index in [1.165, 1.54) is 7.11 Å². The van der Waals surface area contributed by atoms with Crippen LogP contribution in [0.15, 0.2) is 0 Å². The Labute approximate surface area is 124 Å². The van der Waals surface area contributed by atoms with E-state index in [0.29, 0.717) is 13.2 Å². The molecule has 0 N–H and O–H groups in total. The lowest BCUT2D eigenvalue weighted by Gasteiger charge is -2.22. The van der Waals surface area contributed by atoms with Crippen molar-refractivity contribution in [2.45, 2.75) is 51.9 Å². The van der Waals surface area contributed by atoms with Gasteiger partial charge in [-0.25, -0.2) is 9.48 Å². The highest BCUT2D eigenvalue weighted by molar-refractivity contribution is 5.88. The number of carbonyl (C=O) groups excluding carboxylic acids is 1. The standard InChI is InChI=1S/C14H23N3O4/c1-10(2)13-12(14(18)19-3)15-16-17(13)7-9-21-11-6-4-5-8-20-11/h10-11H,4-9H2,1-3H3. The molecular weight excluding hydrogens is 274 g/mol. The summed E-state index contributed by atoms with van der Waals surface area (Å²) < 4.78 is 17.6.